The van der Waals surface area contributed by atoms with Gasteiger partial charge < -0.3 is 14.7 Å². The third-order valence-electron chi connectivity index (χ3n) is 2.42. The second kappa shape index (κ2) is 5.47. The number of nitrogens with two attached hydrogens (primary N) is 1. The van der Waals surface area contributed by atoms with E-state index < -0.39 is 0 Å². The minimum absolute atomic E-state index is 0.00388. The van der Waals surface area contributed by atoms with Crippen LogP contribution in [0, 0.1) is 0 Å². The van der Waals surface area contributed by atoms with E-state index in [-0.39, 0.29) is 18.3 Å². The zero-order valence-electron chi connectivity index (χ0n) is 10.2. The molecular formula is C10H22N4O2. The number of nitrogens with zero attached hydrogens (tertiary/aromatic N) is 2. The van der Waals surface area contributed by atoms with Crippen LogP contribution in [0.5, 0.6) is 0 Å². The monoisotopic (exact) mass is 230 g/mol. The Balaban J connectivity index is 2.76. The molecule has 0 amide bonds. The highest BCUT2D eigenvalue weighted by atomic mass is 16.5. The Kier molecular flexibility index (Phi) is 4.52. The summed E-state index contributed by atoms with van der Waals surface area (Å²) in [5.74, 6) is 6.09. The summed E-state index contributed by atoms with van der Waals surface area (Å²) in [6.07, 6.45) is -0.195. The van der Waals surface area contributed by atoms with Crippen LogP contribution < -0.4 is 11.3 Å². The van der Waals surface area contributed by atoms with Gasteiger partial charge in [-0.1, -0.05) is 0 Å². The van der Waals surface area contributed by atoms with E-state index in [0.717, 1.165) is 0 Å². The number of hydrogen-bond donors (Lipinski definition) is 3. The predicted octanol–water partition coefficient (Wildman–Crippen LogP) is -0.703. The van der Waals surface area contributed by atoms with Crippen LogP contribution in [0.3, 0.4) is 0 Å². The minimum atomic E-state index is -0.309. The van der Waals surface area contributed by atoms with E-state index in [9.17, 15) is 5.11 Å². The topological polar surface area (TPSA) is 83.1 Å². The molecule has 0 aromatic carbocycles. The average Bonchev–Trinajstić information content (AvgIpc) is 2.23. The first-order chi connectivity index (χ1) is 7.52. The van der Waals surface area contributed by atoms with E-state index >= 15 is 0 Å². The van der Waals surface area contributed by atoms with Crippen molar-refractivity contribution in [1.82, 2.24) is 10.3 Å². The second-order valence-corrected chi connectivity index (χ2v) is 4.50. The molecule has 1 aliphatic rings. The van der Waals surface area contributed by atoms with Gasteiger partial charge in [-0.15, -0.1) is 0 Å². The van der Waals surface area contributed by atoms with Crippen LogP contribution in [0.2, 0.25) is 0 Å². The van der Waals surface area contributed by atoms with E-state index in [2.05, 4.69) is 10.4 Å². The summed E-state index contributed by atoms with van der Waals surface area (Å²) in [4.78, 5) is 6.28. The molecule has 1 heterocycles. The standard InChI is InChI=1S/C10H22N4O2/c1-4-12-9(13-11)14-5-8(6-15)16-10(2,3)7-14/h8,15H,4-7,11H2,1-3H3,(H,12,13). The van der Waals surface area contributed by atoms with Crippen LogP contribution in [0.25, 0.3) is 0 Å². The fourth-order valence-electron chi connectivity index (χ4n) is 1.94. The number of aliphatic hydroxyl groups excluding tert-OH is 1. The lowest BCUT2D eigenvalue weighted by Crippen LogP contribution is -2.59. The lowest BCUT2D eigenvalue weighted by Gasteiger charge is -2.43. The fourth-order valence-corrected chi connectivity index (χ4v) is 1.94. The molecule has 1 atom stereocenters. The smallest absolute Gasteiger partial charge is 0.208 e. The number of aliphatic hydroxyl groups is 1. The Bertz CT molecular complexity index is 255. The van der Waals surface area contributed by atoms with Crippen LogP contribution in [-0.2, 0) is 4.74 Å². The molecule has 6 heteroatoms. The average molecular weight is 230 g/mol. The number of morpholine rings is 1. The van der Waals surface area contributed by atoms with Gasteiger partial charge in [-0.05, 0) is 20.8 Å². The van der Waals surface area contributed by atoms with Crippen LogP contribution in [0.4, 0.5) is 0 Å². The summed E-state index contributed by atoms with van der Waals surface area (Å²) >= 11 is 0. The first-order valence-electron chi connectivity index (χ1n) is 5.57. The molecule has 1 rings (SSSR count). The Morgan fingerprint density at radius 3 is 2.88 bits per heavy atom. The van der Waals surface area contributed by atoms with Gasteiger partial charge in [0.25, 0.3) is 0 Å². The Labute approximate surface area is 96.4 Å². The van der Waals surface area contributed by atoms with Crippen molar-refractivity contribution in [1.29, 1.82) is 0 Å². The lowest BCUT2D eigenvalue weighted by molar-refractivity contribution is -0.135. The molecule has 0 radical (unpaired) electrons. The molecule has 0 saturated carbocycles. The summed E-state index contributed by atoms with van der Waals surface area (Å²) in [5.41, 5.74) is 2.29. The first-order valence-corrected chi connectivity index (χ1v) is 5.57. The van der Waals surface area contributed by atoms with Gasteiger partial charge in [-0.3, -0.25) is 10.4 Å². The van der Waals surface area contributed by atoms with Gasteiger partial charge >= 0.3 is 0 Å². The number of guanidine groups is 1. The summed E-state index contributed by atoms with van der Waals surface area (Å²) in [7, 11) is 0. The second-order valence-electron chi connectivity index (χ2n) is 4.50. The highest BCUT2D eigenvalue weighted by Gasteiger charge is 2.34. The molecule has 1 unspecified atom stereocenters. The fraction of sp³-hybridized carbons (Fsp3) is 0.900. The number of nitrogens with one attached hydrogen (secondary N) is 1. The predicted molar refractivity (Wildman–Crippen MR) is 62.9 cm³/mol. The van der Waals surface area contributed by atoms with Crippen molar-refractivity contribution in [3.8, 4) is 0 Å². The largest absolute Gasteiger partial charge is 0.394 e. The minimum Gasteiger partial charge on any atom is -0.394 e. The van der Waals surface area contributed by atoms with Gasteiger partial charge in [0.1, 0.15) is 0 Å². The van der Waals surface area contributed by atoms with Crippen LogP contribution >= 0.6 is 0 Å². The van der Waals surface area contributed by atoms with Gasteiger partial charge in [-0.2, -0.15) is 0 Å². The molecule has 0 aromatic rings. The summed E-state index contributed by atoms with van der Waals surface area (Å²) in [6.45, 7) is 7.90. The summed E-state index contributed by atoms with van der Waals surface area (Å²) in [6, 6.07) is 0. The van der Waals surface area contributed by atoms with E-state index in [1.54, 1.807) is 0 Å². The van der Waals surface area contributed by atoms with Crippen molar-refractivity contribution in [2.24, 2.45) is 10.8 Å². The third kappa shape index (κ3) is 3.33. The molecule has 0 aliphatic carbocycles. The van der Waals surface area contributed by atoms with Crippen molar-refractivity contribution < 1.29 is 9.84 Å². The first kappa shape index (κ1) is 13.2. The Morgan fingerprint density at radius 2 is 2.38 bits per heavy atom. The molecule has 1 saturated heterocycles. The van der Waals surface area contributed by atoms with Gasteiger partial charge in [0, 0.05) is 19.6 Å². The van der Waals surface area contributed by atoms with Crippen molar-refractivity contribution in [3.63, 3.8) is 0 Å². The Hall–Kier alpha value is -0.850. The maximum absolute atomic E-state index is 9.18. The lowest BCUT2D eigenvalue weighted by atomic mass is 10.1. The van der Waals surface area contributed by atoms with Crippen molar-refractivity contribution in [2.75, 3.05) is 26.2 Å². The molecule has 1 aliphatic heterocycles. The van der Waals surface area contributed by atoms with Gasteiger partial charge in [0.15, 0.2) is 0 Å². The van der Waals surface area contributed by atoms with Crippen molar-refractivity contribution in [3.05, 3.63) is 0 Å². The van der Waals surface area contributed by atoms with Crippen LogP contribution in [0.1, 0.15) is 20.8 Å². The van der Waals surface area contributed by atoms with Gasteiger partial charge in [0.2, 0.25) is 5.96 Å². The molecule has 16 heavy (non-hydrogen) atoms. The van der Waals surface area contributed by atoms with Crippen molar-refractivity contribution in [2.45, 2.75) is 32.5 Å². The maximum atomic E-state index is 9.18. The maximum Gasteiger partial charge on any atom is 0.208 e. The number of hydrogen-bond acceptors (Lipinski definition) is 4. The van der Waals surface area contributed by atoms with E-state index in [1.165, 1.54) is 0 Å². The molecule has 6 nitrogen and oxygen atoms in total. The molecular weight excluding hydrogens is 208 g/mol. The molecule has 0 bridgehead atoms. The molecule has 94 valence electrons. The Morgan fingerprint density at radius 1 is 1.69 bits per heavy atom. The highest BCUT2D eigenvalue weighted by Crippen LogP contribution is 2.20. The number of aliphatic imine (C=N–C) groups is 1. The summed E-state index contributed by atoms with van der Waals surface area (Å²) < 4.78 is 5.71. The summed E-state index contributed by atoms with van der Waals surface area (Å²) in [5, 5.41) is 9.18. The molecule has 0 spiro atoms. The zero-order valence-corrected chi connectivity index (χ0v) is 10.2. The quantitative estimate of drug-likeness (QED) is 0.253. The third-order valence-corrected chi connectivity index (χ3v) is 2.42. The van der Waals surface area contributed by atoms with E-state index in [0.29, 0.717) is 25.6 Å². The van der Waals surface area contributed by atoms with Gasteiger partial charge in [0.05, 0.1) is 18.3 Å². The van der Waals surface area contributed by atoms with E-state index in [1.807, 2.05) is 25.7 Å². The molecule has 1 fully saturated rings. The van der Waals surface area contributed by atoms with E-state index in [4.69, 9.17) is 10.6 Å². The number of hydrazine groups is 1. The zero-order chi connectivity index (χ0) is 12.2. The van der Waals surface area contributed by atoms with Crippen LogP contribution in [0.15, 0.2) is 4.99 Å². The normalized spacial score (nSPS) is 25.7. The number of rotatable bonds is 2. The number of ether oxygens (including phenoxy) is 1. The highest BCUT2D eigenvalue weighted by molar-refractivity contribution is 5.79. The SMILES string of the molecule is CCN=C(NN)N1CC(CO)OC(C)(C)C1. The van der Waals surface area contributed by atoms with Crippen molar-refractivity contribution >= 4 is 5.96 Å². The van der Waals surface area contributed by atoms with Crippen LogP contribution in [-0.4, -0.2) is 53.9 Å². The molecule has 4 N–H and O–H groups in total. The molecule has 0 aromatic heterocycles. The van der Waals surface area contributed by atoms with Gasteiger partial charge in [-0.25, -0.2) is 5.84 Å².